The highest BCUT2D eigenvalue weighted by atomic mass is 127. The van der Waals surface area contributed by atoms with E-state index < -0.39 is 50.3 Å². The number of hydrogen-bond acceptors (Lipinski definition) is 12. The summed E-state index contributed by atoms with van der Waals surface area (Å²) in [4.78, 5) is 25.4. The SMILES string of the molecule is COc1nc(N)nc2c1nc(I)n2[C@@H]1O[C@H](COP(=O)(NCc2ccccc2)N[C@@H](C)C(=O)OCC(C)(C)C)[C@@H](O)[C@@]1(C)O. The van der Waals surface area contributed by atoms with Crippen LogP contribution in [0, 0.1) is 9.25 Å². The number of anilines is 1. The monoisotopic (exact) mass is 747 g/mol. The fourth-order valence-corrected chi connectivity index (χ4v) is 6.80. The molecule has 0 saturated carbocycles. The Morgan fingerprint density at radius 3 is 2.59 bits per heavy atom. The number of aromatic nitrogens is 4. The van der Waals surface area contributed by atoms with Crippen molar-refractivity contribution in [2.24, 2.45) is 5.41 Å². The summed E-state index contributed by atoms with van der Waals surface area (Å²) in [5.74, 6) is -0.561. The molecule has 15 nitrogen and oxygen atoms in total. The minimum absolute atomic E-state index is 0.0865. The summed E-state index contributed by atoms with van der Waals surface area (Å²) in [7, 11) is -2.56. The molecule has 3 aromatic rings. The van der Waals surface area contributed by atoms with Crippen LogP contribution in [-0.4, -0.2) is 79.9 Å². The standard InChI is InChI=1S/C27H39IN7O8P/c1-15(22(37)41-14-26(2,3)4)34-44(39,30-12-16-10-8-7-9-11-16)42-13-17-19(36)27(5,38)23(43-17)35-20-18(31-24(35)28)21(40-6)33-25(29)32-20/h7-11,15,17,19,23,36,38H,12-14H2,1-6H3,(H2,29,32,33)(H2,30,34,39)/t15-,17+,19+,23+,27+,44?/m0/s1. The molecule has 0 amide bonds. The molecule has 0 radical (unpaired) electrons. The fourth-order valence-electron chi connectivity index (χ4n) is 4.46. The minimum Gasteiger partial charge on any atom is -0.479 e. The van der Waals surface area contributed by atoms with E-state index in [-0.39, 0.29) is 41.6 Å². The number of esters is 1. The Bertz CT molecular complexity index is 1520. The van der Waals surface area contributed by atoms with Gasteiger partial charge in [-0.15, -0.1) is 0 Å². The lowest BCUT2D eigenvalue weighted by molar-refractivity contribution is -0.148. The van der Waals surface area contributed by atoms with Crippen molar-refractivity contribution in [3.05, 3.63) is 39.7 Å². The predicted octanol–water partition coefficient (Wildman–Crippen LogP) is 2.51. The van der Waals surface area contributed by atoms with E-state index in [1.165, 1.54) is 25.5 Å². The molecule has 0 bridgehead atoms. The van der Waals surface area contributed by atoms with Crippen LogP contribution in [0.5, 0.6) is 5.88 Å². The molecule has 1 aliphatic rings. The topological polar surface area (TPSA) is 205 Å². The van der Waals surface area contributed by atoms with E-state index in [4.69, 9.17) is 24.5 Å². The Morgan fingerprint density at radius 2 is 1.95 bits per heavy atom. The van der Waals surface area contributed by atoms with Crippen molar-refractivity contribution in [2.45, 2.75) is 71.2 Å². The normalized spacial score (nSPS) is 24.2. The van der Waals surface area contributed by atoms with Gasteiger partial charge in [0.1, 0.15) is 23.9 Å². The number of ether oxygens (including phenoxy) is 3. The number of methoxy groups -OCH3 is 1. The van der Waals surface area contributed by atoms with Crippen molar-refractivity contribution in [3.63, 3.8) is 0 Å². The molecule has 2 aromatic heterocycles. The van der Waals surface area contributed by atoms with E-state index in [2.05, 4.69) is 25.1 Å². The van der Waals surface area contributed by atoms with Gasteiger partial charge in [0, 0.05) is 29.1 Å². The van der Waals surface area contributed by atoms with E-state index in [1.54, 1.807) is 0 Å². The summed E-state index contributed by atoms with van der Waals surface area (Å²) in [6, 6.07) is 8.20. The molecule has 0 spiro atoms. The second-order valence-corrected chi connectivity index (χ2v) is 14.8. The molecule has 1 saturated heterocycles. The maximum atomic E-state index is 14.1. The number of rotatable bonds is 12. The zero-order valence-electron chi connectivity index (χ0n) is 25.4. The zero-order valence-corrected chi connectivity index (χ0v) is 28.4. The number of benzene rings is 1. The van der Waals surface area contributed by atoms with Gasteiger partial charge < -0.3 is 34.7 Å². The maximum Gasteiger partial charge on any atom is 0.341 e. The van der Waals surface area contributed by atoms with Crippen LogP contribution < -0.4 is 20.6 Å². The lowest BCUT2D eigenvalue weighted by atomic mass is 9.96. The van der Waals surface area contributed by atoms with Crippen LogP contribution in [0.25, 0.3) is 11.2 Å². The molecule has 1 aliphatic heterocycles. The van der Waals surface area contributed by atoms with Crippen molar-refractivity contribution in [1.82, 2.24) is 29.7 Å². The van der Waals surface area contributed by atoms with E-state index in [0.29, 0.717) is 3.83 Å². The van der Waals surface area contributed by atoms with E-state index in [1.807, 2.05) is 73.7 Å². The largest absolute Gasteiger partial charge is 0.479 e. The van der Waals surface area contributed by atoms with Gasteiger partial charge in [-0.2, -0.15) is 9.97 Å². The molecule has 1 fully saturated rings. The molecule has 242 valence electrons. The zero-order chi connectivity index (χ0) is 32.4. The highest BCUT2D eigenvalue weighted by Gasteiger charge is 2.54. The quantitative estimate of drug-likeness (QED) is 0.0782. The molecule has 1 unspecified atom stereocenters. The third kappa shape index (κ3) is 7.85. The number of carbonyl (C=O) groups excluding carboxylic acids is 1. The average Bonchev–Trinajstić information content (AvgIpc) is 3.40. The van der Waals surface area contributed by atoms with Crippen molar-refractivity contribution in [3.8, 4) is 5.88 Å². The summed E-state index contributed by atoms with van der Waals surface area (Å²) in [5, 5.41) is 28.2. The number of nitrogens with one attached hydrogen (secondary N) is 2. The number of nitrogen functional groups attached to an aromatic ring is 1. The molecule has 3 heterocycles. The number of imidazole rings is 1. The van der Waals surface area contributed by atoms with E-state index in [9.17, 15) is 19.6 Å². The molecule has 4 rings (SSSR count). The number of nitrogens with two attached hydrogens (primary N) is 1. The molecule has 6 atom stereocenters. The van der Waals surface area contributed by atoms with Gasteiger partial charge in [-0.1, -0.05) is 51.1 Å². The van der Waals surface area contributed by atoms with Crippen LogP contribution in [0.1, 0.15) is 46.4 Å². The van der Waals surface area contributed by atoms with E-state index >= 15 is 0 Å². The second-order valence-electron chi connectivity index (χ2n) is 11.9. The average molecular weight is 748 g/mol. The third-order valence-corrected chi connectivity index (χ3v) is 9.36. The summed E-state index contributed by atoms with van der Waals surface area (Å²) < 4.78 is 38.5. The van der Waals surface area contributed by atoms with Gasteiger partial charge in [0.05, 0.1) is 20.3 Å². The first-order chi connectivity index (χ1) is 20.5. The van der Waals surface area contributed by atoms with Gasteiger partial charge in [0.2, 0.25) is 11.8 Å². The number of fused-ring (bicyclic) bond motifs is 1. The van der Waals surface area contributed by atoms with Crippen LogP contribution in [-0.2, 0) is 29.9 Å². The predicted molar refractivity (Wildman–Crippen MR) is 169 cm³/mol. The van der Waals surface area contributed by atoms with Crippen molar-refractivity contribution in [1.29, 1.82) is 0 Å². The summed E-state index contributed by atoms with van der Waals surface area (Å²) >= 11 is 1.94. The molecule has 0 aliphatic carbocycles. The number of carbonyl (C=O) groups is 1. The van der Waals surface area contributed by atoms with Crippen LogP contribution in [0.15, 0.2) is 30.3 Å². The second kappa shape index (κ2) is 13.5. The summed E-state index contributed by atoms with van der Waals surface area (Å²) in [6.45, 7) is 8.58. The Balaban J connectivity index is 1.55. The molecule has 6 N–H and O–H groups in total. The van der Waals surface area contributed by atoms with Gasteiger partial charge in [0.15, 0.2) is 21.2 Å². The fraction of sp³-hybridized carbons (Fsp3) is 0.556. The lowest BCUT2D eigenvalue weighted by Crippen LogP contribution is -2.45. The van der Waals surface area contributed by atoms with Crippen LogP contribution >= 0.6 is 30.3 Å². The Morgan fingerprint density at radius 1 is 1.27 bits per heavy atom. The van der Waals surface area contributed by atoms with Gasteiger partial charge in [0.25, 0.3) is 0 Å². The number of hydrogen-bond donors (Lipinski definition) is 5. The maximum absolute atomic E-state index is 14.1. The molecule has 44 heavy (non-hydrogen) atoms. The Labute approximate surface area is 268 Å². The van der Waals surface area contributed by atoms with Gasteiger partial charge in [-0.05, 0) is 24.8 Å². The number of aliphatic hydroxyl groups excluding tert-OH is 1. The summed E-state index contributed by atoms with van der Waals surface area (Å²) in [5.41, 5.74) is 5.07. The highest BCUT2D eigenvalue weighted by molar-refractivity contribution is 14.1. The van der Waals surface area contributed by atoms with Gasteiger partial charge >= 0.3 is 13.6 Å². The van der Waals surface area contributed by atoms with Crippen molar-refractivity contribution >= 4 is 53.3 Å². The first kappa shape index (κ1) is 34.4. The summed E-state index contributed by atoms with van der Waals surface area (Å²) in [6.07, 6.45) is -3.84. The first-order valence-electron chi connectivity index (χ1n) is 13.8. The number of halogens is 1. The Hall–Kier alpha value is -2.44. The molecular formula is C27H39IN7O8P. The Kier molecular flexibility index (Phi) is 10.6. The van der Waals surface area contributed by atoms with Crippen LogP contribution in [0.4, 0.5) is 5.95 Å². The number of aliphatic hydroxyl groups is 2. The van der Waals surface area contributed by atoms with Crippen LogP contribution in [0.2, 0.25) is 0 Å². The highest BCUT2D eigenvalue weighted by Crippen LogP contribution is 2.44. The lowest BCUT2D eigenvalue weighted by Gasteiger charge is -2.28. The van der Waals surface area contributed by atoms with Crippen molar-refractivity contribution < 1.29 is 38.3 Å². The third-order valence-electron chi connectivity index (χ3n) is 6.78. The number of nitrogens with zero attached hydrogens (tertiary/aromatic N) is 4. The molecule has 1 aromatic carbocycles. The first-order valence-corrected chi connectivity index (χ1v) is 16.5. The smallest absolute Gasteiger partial charge is 0.341 e. The van der Waals surface area contributed by atoms with E-state index in [0.717, 1.165) is 5.56 Å². The minimum atomic E-state index is -3.97. The van der Waals surface area contributed by atoms with Crippen LogP contribution in [0.3, 0.4) is 0 Å². The molecular weight excluding hydrogens is 708 g/mol. The van der Waals surface area contributed by atoms with Gasteiger partial charge in [-0.25, -0.2) is 15.2 Å². The van der Waals surface area contributed by atoms with Gasteiger partial charge in [-0.3, -0.25) is 13.9 Å². The molecule has 17 heteroatoms. The van der Waals surface area contributed by atoms with Crippen molar-refractivity contribution in [2.75, 3.05) is 26.1 Å².